The molecule has 3 aromatic rings. The fourth-order valence-electron chi connectivity index (χ4n) is 3.61. The van der Waals surface area contributed by atoms with E-state index in [0.717, 1.165) is 16.1 Å². The van der Waals surface area contributed by atoms with Crippen LogP contribution in [0.25, 0.3) is 0 Å². The number of aryl methyl sites for hydroxylation is 1. The van der Waals surface area contributed by atoms with Crippen molar-refractivity contribution in [3.05, 3.63) is 72.3 Å². The summed E-state index contributed by atoms with van der Waals surface area (Å²) in [5, 5.41) is 2.64. The maximum absolute atomic E-state index is 12.9. The first-order valence-corrected chi connectivity index (χ1v) is 14.4. The van der Waals surface area contributed by atoms with Crippen LogP contribution in [0.5, 0.6) is 11.5 Å². The molecule has 3 rings (SSSR count). The second-order valence-corrected chi connectivity index (χ2v) is 11.8. The number of rotatable bonds is 10. The summed E-state index contributed by atoms with van der Waals surface area (Å²) in [6.45, 7) is 3.29. The average Bonchev–Trinajstić information content (AvgIpc) is 2.84. The molecule has 0 aliphatic rings. The highest BCUT2D eigenvalue weighted by molar-refractivity contribution is 7.92. The van der Waals surface area contributed by atoms with Crippen molar-refractivity contribution >= 4 is 43.0 Å². The minimum Gasteiger partial charge on any atom is -0.497 e. The SMILES string of the molecule is COc1ccc(N([C@@H](C)C(=O)Nc2ccc(S(=O)(=O)Nc3cc(C)ccc3OC)cc2)S(C)(=O)=O)cc1. The largest absolute Gasteiger partial charge is 0.497 e. The number of carbonyl (C=O) groups excluding carboxylic acids is 1. The van der Waals surface area contributed by atoms with Gasteiger partial charge in [-0.25, -0.2) is 16.8 Å². The van der Waals surface area contributed by atoms with Crippen LogP contribution in [0, 0.1) is 6.92 Å². The van der Waals surface area contributed by atoms with Crippen LogP contribution in [0.2, 0.25) is 0 Å². The van der Waals surface area contributed by atoms with E-state index < -0.39 is 32.0 Å². The molecule has 0 aliphatic carbocycles. The highest BCUT2D eigenvalue weighted by Gasteiger charge is 2.29. The van der Waals surface area contributed by atoms with Gasteiger partial charge in [0.25, 0.3) is 10.0 Å². The number of sulfonamides is 2. The van der Waals surface area contributed by atoms with Crippen LogP contribution >= 0.6 is 0 Å². The molecule has 0 aliphatic heterocycles. The van der Waals surface area contributed by atoms with Crippen molar-refractivity contribution in [1.29, 1.82) is 0 Å². The summed E-state index contributed by atoms with van der Waals surface area (Å²) < 4.78 is 64.6. The quantitative estimate of drug-likeness (QED) is 0.396. The topological polar surface area (TPSA) is 131 Å². The summed E-state index contributed by atoms with van der Waals surface area (Å²) in [5.74, 6) is 0.318. The summed E-state index contributed by atoms with van der Waals surface area (Å²) in [4.78, 5) is 12.9. The van der Waals surface area contributed by atoms with Gasteiger partial charge in [0, 0.05) is 5.69 Å². The lowest BCUT2D eigenvalue weighted by atomic mass is 10.2. The minimum absolute atomic E-state index is 0.0295. The zero-order valence-electron chi connectivity index (χ0n) is 21.0. The lowest BCUT2D eigenvalue weighted by Crippen LogP contribution is -2.45. The Morgan fingerprint density at radius 3 is 2.05 bits per heavy atom. The Bertz CT molecular complexity index is 1470. The van der Waals surface area contributed by atoms with Gasteiger partial charge >= 0.3 is 0 Å². The monoisotopic (exact) mass is 547 g/mol. The van der Waals surface area contributed by atoms with Crippen LogP contribution in [0.1, 0.15) is 12.5 Å². The van der Waals surface area contributed by atoms with Gasteiger partial charge in [-0.05, 0) is 80.1 Å². The van der Waals surface area contributed by atoms with Gasteiger partial charge in [0.15, 0.2) is 0 Å². The highest BCUT2D eigenvalue weighted by atomic mass is 32.2. The number of anilines is 3. The molecule has 10 nitrogen and oxygen atoms in total. The lowest BCUT2D eigenvalue weighted by Gasteiger charge is -2.28. The highest BCUT2D eigenvalue weighted by Crippen LogP contribution is 2.28. The Labute approximate surface area is 217 Å². The number of amides is 1. The summed E-state index contributed by atoms with van der Waals surface area (Å²) in [6, 6.07) is 15.8. The average molecular weight is 548 g/mol. The number of ether oxygens (including phenoxy) is 2. The molecule has 0 bridgehead atoms. The number of nitrogens with one attached hydrogen (secondary N) is 2. The number of carbonyl (C=O) groups is 1. The molecule has 12 heteroatoms. The van der Waals surface area contributed by atoms with Gasteiger partial charge in [0.1, 0.15) is 17.5 Å². The van der Waals surface area contributed by atoms with Crippen LogP contribution in [0.4, 0.5) is 17.1 Å². The van der Waals surface area contributed by atoms with E-state index in [1.54, 1.807) is 42.5 Å². The van der Waals surface area contributed by atoms with E-state index in [1.165, 1.54) is 45.4 Å². The molecule has 0 fully saturated rings. The molecule has 0 aromatic heterocycles. The molecule has 0 heterocycles. The maximum atomic E-state index is 12.9. The minimum atomic E-state index is -3.94. The van der Waals surface area contributed by atoms with Gasteiger partial charge in [0.2, 0.25) is 15.9 Å². The molecule has 37 heavy (non-hydrogen) atoms. The molecule has 0 unspecified atom stereocenters. The molecular weight excluding hydrogens is 518 g/mol. The van der Waals surface area contributed by atoms with Gasteiger partial charge in [-0.3, -0.25) is 13.8 Å². The van der Waals surface area contributed by atoms with Crippen molar-refractivity contribution < 1.29 is 31.1 Å². The lowest BCUT2D eigenvalue weighted by molar-refractivity contribution is -0.116. The zero-order valence-corrected chi connectivity index (χ0v) is 22.7. The fraction of sp³-hybridized carbons (Fsp3) is 0.240. The van der Waals surface area contributed by atoms with E-state index in [4.69, 9.17) is 9.47 Å². The predicted molar refractivity (Wildman–Crippen MR) is 143 cm³/mol. The number of benzene rings is 3. The van der Waals surface area contributed by atoms with Gasteiger partial charge in [-0.15, -0.1) is 0 Å². The van der Waals surface area contributed by atoms with Gasteiger partial charge in [-0.2, -0.15) is 0 Å². The first kappa shape index (κ1) is 27.8. The van der Waals surface area contributed by atoms with E-state index in [1.807, 2.05) is 6.92 Å². The van der Waals surface area contributed by atoms with Crippen molar-refractivity contribution in [2.45, 2.75) is 24.8 Å². The zero-order chi connectivity index (χ0) is 27.4. The van der Waals surface area contributed by atoms with Crippen molar-refractivity contribution in [3.63, 3.8) is 0 Å². The summed E-state index contributed by atoms with van der Waals surface area (Å²) >= 11 is 0. The summed E-state index contributed by atoms with van der Waals surface area (Å²) in [5.41, 5.74) is 1.74. The molecule has 1 amide bonds. The van der Waals surface area contributed by atoms with Crippen LogP contribution < -0.4 is 23.8 Å². The number of nitrogens with zero attached hydrogens (tertiary/aromatic N) is 1. The third kappa shape index (κ3) is 6.71. The normalized spacial score (nSPS) is 12.4. The third-order valence-electron chi connectivity index (χ3n) is 5.45. The van der Waals surface area contributed by atoms with E-state index in [2.05, 4.69) is 10.0 Å². The van der Waals surface area contributed by atoms with Crippen LogP contribution in [-0.2, 0) is 24.8 Å². The second-order valence-electron chi connectivity index (χ2n) is 8.26. The molecule has 0 radical (unpaired) electrons. The first-order valence-electron chi connectivity index (χ1n) is 11.1. The van der Waals surface area contributed by atoms with Crippen molar-refractivity contribution in [1.82, 2.24) is 0 Å². The van der Waals surface area contributed by atoms with Crippen molar-refractivity contribution in [2.24, 2.45) is 0 Å². The van der Waals surface area contributed by atoms with E-state index in [0.29, 0.717) is 28.6 Å². The van der Waals surface area contributed by atoms with E-state index in [-0.39, 0.29) is 4.90 Å². The Morgan fingerprint density at radius 2 is 1.51 bits per heavy atom. The number of hydrogen-bond acceptors (Lipinski definition) is 7. The smallest absolute Gasteiger partial charge is 0.262 e. The standard InChI is InChI=1S/C25H29N3O7S2/c1-17-6-15-24(35-4)23(16-17)27-37(32,33)22-13-7-19(8-14-22)26-25(29)18(2)28(36(5,30)31)20-9-11-21(34-3)12-10-20/h6-16,18,27H,1-5H3,(H,26,29)/t18-/m0/s1. The molecule has 2 N–H and O–H groups in total. The Morgan fingerprint density at radius 1 is 0.892 bits per heavy atom. The van der Waals surface area contributed by atoms with E-state index >= 15 is 0 Å². The first-order chi connectivity index (χ1) is 17.4. The Kier molecular flexibility index (Phi) is 8.34. The fourth-order valence-corrected chi connectivity index (χ4v) is 5.84. The Balaban J connectivity index is 1.78. The summed E-state index contributed by atoms with van der Waals surface area (Å²) in [7, 11) is -4.81. The third-order valence-corrected chi connectivity index (χ3v) is 8.07. The van der Waals surface area contributed by atoms with E-state index in [9.17, 15) is 21.6 Å². The molecule has 3 aromatic carbocycles. The van der Waals surface area contributed by atoms with Crippen LogP contribution in [0.15, 0.2) is 71.6 Å². The molecule has 1 atom stereocenters. The molecular formula is C25H29N3O7S2. The van der Waals surface area contributed by atoms with Gasteiger partial charge in [0.05, 0.1) is 36.7 Å². The predicted octanol–water partition coefficient (Wildman–Crippen LogP) is 3.61. The molecule has 0 spiro atoms. The van der Waals surface area contributed by atoms with Gasteiger partial charge in [-0.1, -0.05) is 6.07 Å². The molecule has 0 saturated heterocycles. The number of hydrogen-bond donors (Lipinski definition) is 2. The maximum Gasteiger partial charge on any atom is 0.262 e. The molecule has 198 valence electrons. The summed E-state index contributed by atoms with van der Waals surface area (Å²) in [6.07, 6.45) is 1.01. The van der Waals surface area contributed by atoms with Gasteiger partial charge < -0.3 is 14.8 Å². The van der Waals surface area contributed by atoms with Crippen molar-refractivity contribution in [3.8, 4) is 11.5 Å². The number of methoxy groups -OCH3 is 2. The van der Waals surface area contributed by atoms with Crippen LogP contribution in [0.3, 0.4) is 0 Å². The Hall–Kier alpha value is -3.77. The van der Waals surface area contributed by atoms with Crippen molar-refractivity contribution in [2.75, 3.05) is 34.8 Å². The second kappa shape index (κ2) is 11.1. The molecule has 0 saturated carbocycles. The van der Waals surface area contributed by atoms with Crippen LogP contribution in [-0.4, -0.2) is 49.3 Å².